The van der Waals surface area contributed by atoms with E-state index in [0.717, 1.165) is 10.6 Å². The van der Waals surface area contributed by atoms with Crippen LogP contribution in [0.2, 0.25) is 0 Å². The van der Waals surface area contributed by atoms with Crippen LogP contribution in [-0.2, 0) is 5.75 Å². The minimum absolute atomic E-state index is 0.0234. The normalized spacial score (nSPS) is 11.5. The number of rotatable bonds is 4. The van der Waals surface area contributed by atoms with Crippen LogP contribution < -0.4 is 5.73 Å². The zero-order valence-corrected chi connectivity index (χ0v) is 11.4. The second-order valence-electron chi connectivity index (χ2n) is 4.14. The Bertz CT molecular complexity index is 581. The van der Waals surface area contributed by atoms with Crippen LogP contribution in [0.25, 0.3) is 0 Å². The fourth-order valence-electron chi connectivity index (χ4n) is 1.64. The molecular formula is C14H15N3OS. The lowest BCUT2D eigenvalue weighted by molar-refractivity contribution is 0.318. The Hall–Kier alpha value is -2.01. The van der Waals surface area contributed by atoms with Gasteiger partial charge in [-0.15, -0.1) is 11.8 Å². The molecule has 0 saturated heterocycles. The van der Waals surface area contributed by atoms with Crippen LogP contribution >= 0.6 is 11.8 Å². The van der Waals surface area contributed by atoms with Crippen molar-refractivity contribution in [2.24, 2.45) is 10.9 Å². The summed E-state index contributed by atoms with van der Waals surface area (Å²) >= 11 is 1.70. The highest BCUT2D eigenvalue weighted by molar-refractivity contribution is 7.98. The molecule has 0 aliphatic heterocycles. The molecule has 0 atom stereocenters. The van der Waals surface area contributed by atoms with Gasteiger partial charge in [0.05, 0.1) is 0 Å². The molecule has 1 heterocycles. The number of hydrogen-bond donors (Lipinski definition) is 2. The van der Waals surface area contributed by atoms with E-state index in [1.165, 1.54) is 11.1 Å². The van der Waals surface area contributed by atoms with Crippen LogP contribution in [0.15, 0.2) is 52.6 Å². The average Bonchev–Trinajstić information content (AvgIpc) is 2.45. The summed E-state index contributed by atoms with van der Waals surface area (Å²) < 4.78 is 0. The Morgan fingerprint density at radius 2 is 2.21 bits per heavy atom. The second-order valence-corrected chi connectivity index (χ2v) is 5.19. The highest BCUT2D eigenvalue weighted by Gasteiger charge is 2.02. The average molecular weight is 273 g/mol. The minimum atomic E-state index is 0.0234. The molecule has 0 saturated carbocycles. The first kappa shape index (κ1) is 13.4. The van der Waals surface area contributed by atoms with E-state index >= 15 is 0 Å². The molecule has 0 unspecified atom stereocenters. The number of thioether (sulfide) groups is 1. The van der Waals surface area contributed by atoms with Crippen molar-refractivity contribution in [2.75, 3.05) is 0 Å². The van der Waals surface area contributed by atoms with Gasteiger partial charge in [0.2, 0.25) is 0 Å². The first-order valence-corrected chi connectivity index (χ1v) is 6.80. The lowest BCUT2D eigenvalue weighted by Crippen LogP contribution is -2.14. The van der Waals surface area contributed by atoms with Crippen molar-refractivity contribution in [3.8, 4) is 0 Å². The van der Waals surface area contributed by atoms with Gasteiger partial charge < -0.3 is 10.9 Å². The summed E-state index contributed by atoms with van der Waals surface area (Å²) in [6.45, 7) is 2.08. The van der Waals surface area contributed by atoms with E-state index in [9.17, 15) is 0 Å². The maximum absolute atomic E-state index is 8.55. The number of nitrogens with zero attached hydrogens (tertiary/aromatic N) is 2. The number of amidine groups is 1. The first-order valence-electron chi connectivity index (χ1n) is 5.81. The Kier molecular flexibility index (Phi) is 4.41. The zero-order valence-electron chi connectivity index (χ0n) is 10.6. The van der Waals surface area contributed by atoms with Crippen molar-refractivity contribution in [1.29, 1.82) is 0 Å². The number of nitrogens with two attached hydrogens (primary N) is 1. The molecule has 0 aliphatic rings. The van der Waals surface area contributed by atoms with E-state index in [1.807, 2.05) is 6.07 Å². The molecule has 5 heteroatoms. The van der Waals surface area contributed by atoms with Crippen molar-refractivity contribution in [3.63, 3.8) is 0 Å². The van der Waals surface area contributed by atoms with E-state index < -0.39 is 0 Å². The topological polar surface area (TPSA) is 71.5 Å². The van der Waals surface area contributed by atoms with Crippen molar-refractivity contribution >= 4 is 17.6 Å². The number of aryl methyl sites for hydroxylation is 1. The number of aromatic nitrogens is 1. The predicted octanol–water partition coefficient (Wildman–Crippen LogP) is 2.78. The standard InChI is InChI=1S/C14H15N3OS/c1-10-3-2-4-11(7-10)9-19-12-5-6-13(16-8-12)14(15)17-18/h2-8,18H,9H2,1H3,(H2,15,17). The molecular weight excluding hydrogens is 258 g/mol. The number of oxime groups is 1. The van der Waals surface area contributed by atoms with Crippen LogP contribution in [0.1, 0.15) is 16.8 Å². The van der Waals surface area contributed by atoms with Gasteiger partial charge in [0.1, 0.15) is 5.69 Å². The predicted molar refractivity (Wildman–Crippen MR) is 77.5 cm³/mol. The number of hydrogen-bond acceptors (Lipinski definition) is 4. The van der Waals surface area contributed by atoms with Gasteiger partial charge in [0, 0.05) is 16.8 Å². The van der Waals surface area contributed by atoms with E-state index in [0.29, 0.717) is 5.69 Å². The van der Waals surface area contributed by atoms with Gasteiger partial charge in [0.15, 0.2) is 5.84 Å². The van der Waals surface area contributed by atoms with Crippen LogP contribution in [0.4, 0.5) is 0 Å². The SMILES string of the molecule is Cc1cccc(CSc2ccc(/C(N)=N/O)nc2)c1. The molecule has 0 spiro atoms. The molecule has 2 aromatic rings. The van der Waals surface area contributed by atoms with Gasteiger partial charge >= 0.3 is 0 Å². The van der Waals surface area contributed by atoms with Gasteiger partial charge in [-0.3, -0.25) is 4.98 Å². The van der Waals surface area contributed by atoms with Gasteiger partial charge in [-0.05, 0) is 24.6 Å². The smallest absolute Gasteiger partial charge is 0.188 e. The molecule has 0 fully saturated rings. The number of benzene rings is 1. The second kappa shape index (κ2) is 6.24. The lowest BCUT2D eigenvalue weighted by Gasteiger charge is -2.04. The molecule has 0 radical (unpaired) electrons. The van der Waals surface area contributed by atoms with Crippen LogP contribution in [-0.4, -0.2) is 16.0 Å². The summed E-state index contributed by atoms with van der Waals surface area (Å²) in [6.07, 6.45) is 1.73. The quantitative estimate of drug-likeness (QED) is 0.295. The van der Waals surface area contributed by atoms with Crippen molar-refractivity contribution < 1.29 is 5.21 Å². The van der Waals surface area contributed by atoms with Crippen molar-refractivity contribution in [1.82, 2.24) is 4.98 Å². The third kappa shape index (κ3) is 3.72. The molecule has 4 nitrogen and oxygen atoms in total. The lowest BCUT2D eigenvalue weighted by atomic mass is 10.2. The summed E-state index contributed by atoms with van der Waals surface area (Å²) in [5.41, 5.74) is 8.48. The Morgan fingerprint density at radius 3 is 2.84 bits per heavy atom. The third-order valence-electron chi connectivity index (χ3n) is 2.59. The zero-order chi connectivity index (χ0) is 13.7. The van der Waals surface area contributed by atoms with E-state index in [1.54, 1.807) is 24.0 Å². The third-order valence-corrected chi connectivity index (χ3v) is 3.65. The van der Waals surface area contributed by atoms with Gasteiger partial charge in [0.25, 0.3) is 0 Å². The van der Waals surface area contributed by atoms with Crippen molar-refractivity contribution in [3.05, 3.63) is 59.4 Å². The fourth-order valence-corrected chi connectivity index (χ4v) is 2.44. The van der Waals surface area contributed by atoms with E-state index in [2.05, 4.69) is 41.3 Å². The highest BCUT2D eigenvalue weighted by Crippen LogP contribution is 2.22. The maximum Gasteiger partial charge on any atom is 0.188 e. The van der Waals surface area contributed by atoms with Gasteiger partial charge in [-0.2, -0.15) is 0 Å². The molecule has 2 rings (SSSR count). The molecule has 0 bridgehead atoms. The summed E-state index contributed by atoms with van der Waals surface area (Å²) in [4.78, 5) is 5.19. The monoisotopic (exact) mass is 273 g/mol. The first-order chi connectivity index (χ1) is 9.19. The van der Waals surface area contributed by atoms with Crippen LogP contribution in [0.5, 0.6) is 0 Å². The molecule has 0 amide bonds. The Balaban J connectivity index is 2.00. The summed E-state index contributed by atoms with van der Waals surface area (Å²) in [5.74, 6) is 0.918. The Labute approximate surface area is 116 Å². The Morgan fingerprint density at radius 1 is 1.37 bits per heavy atom. The largest absolute Gasteiger partial charge is 0.409 e. The van der Waals surface area contributed by atoms with E-state index in [4.69, 9.17) is 10.9 Å². The summed E-state index contributed by atoms with van der Waals surface area (Å²) in [6, 6.07) is 12.1. The maximum atomic E-state index is 8.55. The molecule has 0 aliphatic carbocycles. The van der Waals surface area contributed by atoms with Crippen molar-refractivity contribution in [2.45, 2.75) is 17.6 Å². The number of pyridine rings is 1. The van der Waals surface area contributed by atoms with Gasteiger partial charge in [-0.1, -0.05) is 35.0 Å². The summed E-state index contributed by atoms with van der Waals surface area (Å²) in [5, 5.41) is 11.5. The molecule has 98 valence electrons. The summed E-state index contributed by atoms with van der Waals surface area (Å²) in [7, 11) is 0. The highest BCUT2D eigenvalue weighted by atomic mass is 32.2. The van der Waals surface area contributed by atoms with Crippen LogP contribution in [0.3, 0.4) is 0 Å². The van der Waals surface area contributed by atoms with Crippen LogP contribution in [0, 0.1) is 6.92 Å². The molecule has 1 aromatic carbocycles. The van der Waals surface area contributed by atoms with Gasteiger partial charge in [-0.25, -0.2) is 0 Å². The molecule has 1 aromatic heterocycles. The fraction of sp³-hybridized carbons (Fsp3) is 0.143. The van der Waals surface area contributed by atoms with E-state index in [-0.39, 0.29) is 5.84 Å². The molecule has 3 N–H and O–H groups in total. The molecule has 19 heavy (non-hydrogen) atoms. The minimum Gasteiger partial charge on any atom is -0.409 e.